The number of nitrogens with one attached hydrogen (secondary N) is 1. The van der Waals surface area contributed by atoms with Crippen LogP contribution in [0.1, 0.15) is 39.0 Å². The molecule has 3 heteroatoms. The zero-order valence-corrected chi connectivity index (χ0v) is 10.0. The van der Waals surface area contributed by atoms with Crippen LogP contribution in [-0.2, 0) is 4.74 Å². The van der Waals surface area contributed by atoms with Gasteiger partial charge < -0.3 is 15.8 Å². The molecule has 1 aliphatic rings. The van der Waals surface area contributed by atoms with Gasteiger partial charge >= 0.3 is 0 Å². The van der Waals surface area contributed by atoms with Crippen LogP contribution in [0.25, 0.3) is 0 Å². The van der Waals surface area contributed by atoms with Gasteiger partial charge in [0.1, 0.15) is 0 Å². The minimum atomic E-state index is 0.354. The average Bonchev–Trinajstić information content (AvgIpc) is 2.98. The van der Waals surface area contributed by atoms with E-state index in [9.17, 15) is 0 Å². The Bertz CT molecular complexity index is 139. The SMILES string of the molecule is CC(N)CCCCNCCOCC1CC1. The van der Waals surface area contributed by atoms with E-state index in [4.69, 9.17) is 10.5 Å². The first-order chi connectivity index (χ1) is 7.29. The number of unbranched alkanes of at least 4 members (excludes halogenated alkanes) is 1. The first kappa shape index (κ1) is 12.9. The van der Waals surface area contributed by atoms with Gasteiger partial charge in [-0.3, -0.25) is 0 Å². The van der Waals surface area contributed by atoms with Gasteiger partial charge in [-0.25, -0.2) is 0 Å². The van der Waals surface area contributed by atoms with Gasteiger partial charge in [0.05, 0.1) is 6.61 Å². The van der Waals surface area contributed by atoms with Crippen LogP contribution in [0, 0.1) is 5.92 Å². The number of rotatable bonds is 10. The van der Waals surface area contributed by atoms with E-state index in [1.165, 1.54) is 25.7 Å². The second kappa shape index (κ2) is 8.08. The molecule has 1 fully saturated rings. The van der Waals surface area contributed by atoms with Gasteiger partial charge in [-0.05, 0) is 45.1 Å². The van der Waals surface area contributed by atoms with Gasteiger partial charge in [0.25, 0.3) is 0 Å². The maximum Gasteiger partial charge on any atom is 0.0591 e. The van der Waals surface area contributed by atoms with Crippen molar-refractivity contribution in [1.82, 2.24) is 5.32 Å². The van der Waals surface area contributed by atoms with Crippen LogP contribution in [0.5, 0.6) is 0 Å². The highest BCUT2D eigenvalue weighted by atomic mass is 16.5. The molecule has 1 unspecified atom stereocenters. The van der Waals surface area contributed by atoms with Crippen LogP contribution in [-0.4, -0.2) is 32.3 Å². The van der Waals surface area contributed by atoms with E-state index in [-0.39, 0.29) is 0 Å². The van der Waals surface area contributed by atoms with Crippen molar-refractivity contribution in [3.05, 3.63) is 0 Å². The summed E-state index contributed by atoms with van der Waals surface area (Å²) in [4.78, 5) is 0. The number of hydrogen-bond acceptors (Lipinski definition) is 3. The van der Waals surface area contributed by atoms with E-state index in [0.717, 1.165) is 38.6 Å². The van der Waals surface area contributed by atoms with Crippen LogP contribution < -0.4 is 11.1 Å². The van der Waals surface area contributed by atoms with Gasteiger partial charge in [-0.15, -0.1) is 0 Å². The zero-order valence-electron chi connectivity index (χ0n) is 10.0. The molecule has 1 atom stereocenters. The van der Waals surface area contributed by atoms with Crippen molar-refractivity contribution in [2.24, 2.45) is 11.7 Å². The molecule has 0 radical (unpaired) electrons. The normalized spacial score (nSPS) is 18.0. The van der Waals surface area contributed by atoms with Crippen LogP contribution in [0.2, 0.25) is 0 Å². The second-order valence-electron chi connectivity index (χ2n) is 4.74. The highest BCUT2D eigenvalue weighted by Gasteiger charge is 2.20. The van der Waals surface area contributed by atoms with E-state index in [0.29, 0.717) is 6.04 Å². The fourth-order valence-electron chi connectivity index (χ4n) is 1.52. The lowest BCUT2D eigenvalue weighted by molar-refractivity contribution is 0.126. The summed E-state index contributed by atoms with van der Waals surface area (Å²) in [6, 6.07) is 0.354. The van der Waals surface area contributed by atoms with E-state index in [2.05, 4.69) is 12.2 Å². The third kappa shape index (κ3) is 8.85. The maximum atomic E-state index is 5.67. The van der Waals surface area contributed by atoms with Crippen molar-refractivity contribution in [3.63, 3.8) is 0 Å². The molecule has 3 nitrogen and oxygen atoms in total. The van der Waals surface area contributed by atoms with Crippen molar-refractivity contribution in [2.45, 2.75) is 45.1 Å². The Hall–Kier alpha value is -0.120. The first-order valence-corrected chi connectivity index (χ1v) is 6.33. The molecule has 1 saturated carbocycles. The molecule has 0 aromatic carbocycles. The highest BCUT2D eigenvalue weighted by Crippen LogP contribution is 2.28. The second-order valence-corrected chi connectivity index (χ2v) is 4.74. The fourth-order valence-corrected chi connectivity index (χ4v) is 1.52. The summed E-state index contributed by atoms with van der Waals surface area (Å²) < 4.78 is 5.52. The summed E-state index contributed by atoms with van der Waals surface area (Å²) in [5.74, 6) is 0.885. The molecule has 15 heavy (non-hydrogen) atoms. The third-order valence-electron chi connectivity index (χ3n) is 2.74. The summed E-state index contributed by atoms with van der Waals surface area (Å²) >= 11 is 0. The fraction of sp³-hybridized carbons (Fsp3) is 1.00. The van der Waals surface area contributed by atoms with Crippen molar-refractivity contribution in [1.29, 1.82) is 0 Å². The van der Waals surface area contributed by atoms with E-state index in [1.54, 1.807) is 0 Å². The molecule has 0 spiro atoms. The summed E-state index contributed by atoms with van der Waals surface area (Å²) in [6.07, 6.45) is 6.35. The molecule has 1 rings (SSSR count). The Balaban J connectivity index is 1.65. The first-order valence-electron chi connectivity index (χ1n) is 6.33. The van der Waals surface area contributed by atoms with Crippen molar-refractivity contribution >= 4 is 0 Å². The molecule has 0 aromatic heterocycles. The molecule has 0 aromatic rings. The highest BCUT2D eigenvalue weighted by molar-refractivity contribution is 4.71. The van der Waals surface area contributed by atoms with Crippen LogP contribution in [0.15, 0.2) is 0 Å². The molecular weight excluding hydrogens is 188 g/mol. The van der Waals surface area contributed by atoms with Gasteiger partial charge in [0.15, 0.2) is 0 Å². The number of nitrogens with two attached hydrogens (primary N) is 1. The Kier molecular flexibility index (Phi) is 6.98. The molecule has 0 aliphatic heterocycles. The van der Waals surface area contributed by atoms with E-state index < -0.39 is 0 Å². The van der Waals surface area contributed by atoms with Gasteiger partial charge in [-0.2, -0.15) is 0 Å². The minimum Gasteiger partial charge on any atom is -0.380 e. The van der Waals surface area contributed by atoms with E-state index >= 15 is 0 Å². The molecule has 3 N–H and O–H groups in total. The lowest BCUT2D eigenvalue weighted by Crippen LogP contribution is -2.22. The quantitative estimate of drug-likeness (QED) is 0.542. The van der Waals surface area contributed by atoms with Crippen LogP contribution in [0.3, 0.4) is 0 Å². The van der Waals surface area contributed by atoms with E-state index in [1.807, 2.05) is 0 Å². The standard InChI is InChI=1S/C12H26N2O/c1-11(13)4-2-3-7-14-8-9-15-10-12-5-6-12/h11-12,14H,2-10,13H2,1H3. The largest absolute Gasteiger partial charge is 0.380 e. The van der Waals surface area contributed by atoms with Crippen LogP contribution >= 0.6 is 0 Å². The average molecular weight is 214 g/mol. The Labute approximate surface area is 93.8 Å². The maximum absolute atomic E-state index is 5.67. The minimum absolute atomic E-state index is 0.354. The van der Waals surface area contributed by atoms with Crippen LogP contribution in [0.4, 0.5) is 0 Å². The van der Waals surface area contributed by atoms with Crippen molar-refractivity contribution in [3.8, 4) is 0 Å². The Morgan fingerprint density at radius 1 is 1.33 bits per heavy atom. The lowest BCUT2D eigenvalue weighted by Gasteiger charge is -2.06. The Morgan fingerprint density at radius 3 is 2.80 bits per heavy atom. The number of ether oxygens (including phenoxy) is 1. The molecule has 0 heterocycles. The zero-order chi connectivity index (χ0) is 10.9. The molecular formula is C12H26N2O. The molecule has 0 bridgehead atoms. The smallest absolute Gasteiger partial charge is 0.0591 e. The Morgan fingerprint density at radius 2 is 2.13 bits per heavy atom. The summed E-state index contributed by atoms with van der Waals surface area (Å²) in [5, 5.41) is 3.39. The predicted octanol–water partition coefficient (Wildman–Crippen LogP) is 1.52. The molecule has 0 amide bonds. The molecule has 0 saturated heterocycles. The summed E-state index contributed by atoms with van der Waals surface area (Å²) in [5.41, 5.74) is 5.67. The van der Waals surface area contributed by atoms with Gasteiger partial charge in [-0.1, -0.05) is 6.42 Å². The summed E-state index contributed by atoms with van der Waals surface area (Å²) in [7, 11) is 0. The molecule has 1 aliphatic carbocycles. The van der Waals surface area contributed by atoms with Gasteiger partial charge in [0, 0.05) is 19.2 Å². The topological polar surface area (TPSA) is 47.3 Å². The van der Waals surface area contributed by atoms with Crippen molar-refractivity contribution < 1.29 is 4.74 Å². The van der Waals surface area contributed by atoms with Crippen molar-refractivity contribution in [2.75, 3.05) is 26.3 Å². The lowest BCUT2D eigenvalue weighted by atomic mass is 10.1. The molecule has 90 valence electrons. The monoisotopic (exact) mass is 214 g/mol. The third-order valence-corrected chi connectivity index (χ3v) is 2.74. The van der Waals surface area contributed by atoms with Gasteiger partial charge in [0.2, 0.25) is 0 Å². The number of hydrogen-bond donors (Lipinski definition) is 2. The summed E-state index contributed by atoms with van der Waals surface area (Å²) in [6.45, 7) is 6.00. The predicted molar refractivity (Wildman–Crippen MR) is 63.9 cm³/mol.